The quantitative estimate of drug-likeness (QED) is 0.534. The average Bonchev–Trinajstić information content (AvgIpc) is 2.39. The van der Waals surface area contributed by atoms with Gasteiger partial charge in [-0.15, -0.1) is 11.6 Å². The largest absolute Gasteiger partial charge is 0.206 e. The fourth-order valence-corrected chi connectivity index (χ4v) is 6.60. The Morgan fingerprint density at radius 3 is 2.24 bits per heavy atom. The minimum Gasteiger partial charge on any atom is -0.206 e. The zero-order valence-corrected chi connectivity index (χ0v) is 14.5. The highest BCUT2D eigenvalue weighted by Crippen LogP contribution is 2.62. The Morgan fingerprint density at radius 1 is 1.14 bits per heavy atom. The molecule has 4 bridgehead atoms. The number of halogens is 3. The van der Waals surface area contributed by atoms with Gasteiger partial charge in [-0.2, -0.15) is 0 Å². The first-order valence-electron chi connectivity index (χ1n) is 8.12. The van der Waals surface area contributed by atoms with Gasteiger partial charge in [-0.1, -0.05) is 6.07 Å². The van der Waals surface area contributed by atoms with Crippen molar-refractivity contribution in [3.8, 4) is 0 Å². The Morgan fingerprint density at radius 2 is 1.71 bits per heavy atom. The van der Waals surface area contributed by atoms with Crippen molar-refractivity contribution >= 4 is 27.5 Å². The summed E-state index contributed by atoms with van der Waals surface area (Å²) in [6, 6.07) is 5.22. The molecule has 0 spiro atoms. The lowest BCUT2D eigenvalue weighted by molar-refractivity contribution is -0.0576. The molecule has 4 fully saturated rings. The highest BCUT2D eigenvalue weighted by Gasteiger charge is 2.51. The third-order valence-corrected chi connectivity index (χ3v) is 7.10. The van der Waals surface area contributed by atoms with E-state index in [0.29, 0.717) is 9.89 Å². The molecule has 0 N–H and O–H groups in total. The maximum atomic E-state index is 13.4. The fourth-order valence-electron chi connectivity index (χ4n) is 5.75. The molecule has 0 heterocycles. The third kappa shape index (κ3) is 2.67. The summed E-state index contributed by atoms with van der Waals surface area (Å²) in [4.78, 5) is 0. The van der Waals surface area contributed by atoms with Crippen LogP contribution in [-0.2, 0) is 0 Å². The summed E-state index contributed by atoms with van der Waals surface area (Å²) in [5.41, 5.74) is 1.53. The highest BCUT2D eigenvalue weighted by molar-refractivity contribution is 9.10. The lowest BCUT2D eigenvalue weighted by Gasteiger charge is -2.57. The van der Waals surface area contributed by atoms with Crippen LogP contribution in [0.3, 0.4) is 0 Å². The van der Waals surface area contributed by atoms with Crippen LogP contribution in [0.15, 0.2) is 22.7 Å². The van der Waals surface area contributed by atoms with Crippen molar-refractivity contribution in [1.29, 1.82) is 0 Å². The van der Waals surface area contributed by atoms with Gasteiger partial charge >= 0.3 is 0 Å². The summed E-state index contributed by atoms with van der Waals surface area (Å²) in [5, 5.41) is 0.0122. The van der Waals surface area contributed by atoms with Crippen LogP contribution in [0, 0.1) is 29.0 Å². The molecule has 4 aliphatic carbocycles. The lowest BCUT2D eigenvalue weighted by Crippen LogP contribution is -2.46. The Kier molecular flexibility index (Phi) is 3.61. The number of alkyl halides is 1. The number of rotatable bonds is 3. The van der Waals surface area contributed by atoms with Crippen molar-refractivity contribution in [1.82, 2.24) is 0 Å². The van der Waals surface area contributed by atoms with Crippen molar-refractivity contribution in [2.75, 3.05) is 0 Å². The summed E-state index contributed by atoms with van der Waals surface area (Å²) in [6.07, 6.45) is 9.60. The van der Waals surface area contributed by atoms with Gasteiger partial charge in [0, 0.05) is 0 Å². The topological polar surface area (TPSA) is 0 Å². The van der Waals surface area contributed by atoms with Crippen molar-refractivity contribution in [2.24, 2.45) is 23.2 Å². The van der Waals surface area contributed by atoms with E-state index in [1.165, 1.54) is 44.6 Å². The molecule has 0 aromatic heterocycles. The molecule has 0 aliphatic heterocycles. The molecular weight excluding hydrogens is 351 g/mol. The van der Waals surface area contributed by atoms with Crippen LogP contribution in [0.25, 0.3) is 0 Å². The average molecular weight is 372 g/mol. The Bertz CT molecular complexity index is 521. The molecular formula is C18H21BrClF. The summed E-state index contributed by atoms with van der Waals surface area (Å²) >= 11 is 10.00. The van der Waals surface area contributed by atoms with Crippen LogP contribution in [0.4, 0.5) is 4.39 Å². The van der Waals surface area contributed by atoms with Crippen LogP contribution in [-0.4, -0.2) is 0 Å². The van der Waals surface area contributed by atoms with Crippen LogP contribution < -0.4 is 0 Å². The maximum Gasteiger partial charge on any atom is 0.137 e. The summed E-state index contributed by atoms with van der Waals surface area (Å²) in [7, 11) is 0. The summed E-state index contributed by atoms with van der Waals surface area (Å²) in [5.74, 6) is 2.66. The maximum absolute atomic E-state index is 13.4. The van der Waals surface area contributed by atoms with Gasteiger partial charge in [-0.3, -0.25) is 0 Å². The van der Waals surface area contributed by atoms with Gasteiger partial charge in [0.15, 0.2) is 0 Å². The van der Waals surface area contributed by atoms with Crippen molar-refractivity contribution in [2.45, 2.75) is 50.3 Å². The van der Waals surface area contributed by atoms with Crippen molar-refractivity contribution in [3.63, 3.8) is 0 Å². The van der Waals surface area contributed by atoms with Gasteiger partial charge in [-0.25, -0.2) is 4.39 Å². The second kappa shape index (κ2) is 5.23. The molecule has 114 valence electrons. The Hall–Kier alpha value is -0.0800. The monoisotopic (exact) mass is 370 g/mol. The molecule has 1 aromatic carbocycles. The first-order chi connectivity index (χ1) is 10.0. The Labute approximate surface area is 139 Å². The molecule has 0 nitrogen and oxygen atoms in total. The first-order valence-corrected chi connectivity index (χ1v) is 9.35. The zero-order chi connectivity index (χ0) is 14.6. The van der Waals surface area contributed by atoms with E-state index in [1.54, 1.807) is 0 Å². The van der Waals surface area contributed by atoms with Crippen molar-refractivity contribution < 1.29 is 4.39 Å². The molecule has 0 saturated heterocycles. The molecule has 21 heavy (non-hydrogen) atoms. The normalized spacial score (nSPS) is 38.7. The van der Waals surface area contributed by atoms with E-state index >= 15 is 0 Å². The van der Waals surface area contributed by atoms with Crippen LogP contribution >= 0.6 is 27.5 Å². The van der Waals surface area contributed by atoms with Crippen LogP contribution in [0.1, 0.15) is 55.9 Å². The van der Waals surface area contributed by atoms with E-state index in [2.05, 4.69) is 15.9 Å². The standard InChI is InChI=1S/C18H21BrClF/c19-15-6-14(1-2-17(15)21)16(20)10-18-7-11-3-12(8-18)5-13(4-11)9-18/h1-2,6,11-13,16H,3-5,7-10H2. The van der Waals surface area contributed by atoms with Gasteiger partial charge in [-0.05, 0) is 102 Å². The molecule has 4 aliphatic rings. The molecule has 0 radical (unpaired) electrons. The highest BCUT2D eigenvalue weighted by atomic mass is 79.9. The molecule has 3 heteroatoms. The van der Waals surface area contributed by atoms with Gasteiger partial charge in [0.05, 0.1) is 9.85 Å². The minimum atomic E-state index is -0.211. The van der Waals surface area contributed by atoms with Gasteiger partial charge < -0.3 is 0 Å². The number of hydrogen-bond acceptors (Lipinski definition) is 0. The molecule has 5 rings (SSSR count). The lowest BCUT2D eigenvalue weighted by atomic mass is 9.48. The Balaban J connectivity index is 1.53. The minimum absolute atomic E-state index is 0.0122. The number of benzene rings is 1. The van der Waals surface area contributed by atoms with E-state index in [4.69, 9.17) is 11.6 Å². The van der Waals surface area contributed by atoms with Gasteiger partial charge in [0.1, 0.15) is 5.82 Å². The second-order valence-electron chi connectivity index (χ2n) is 7.76. The zero-order valence-electron chi connectivity index (χ0n) is 12.1. The van der Waals surface area contributed by atoms with Gasteiger partial charge in [0.2, 0.25) is 0 Å². The predicted octanol–water partition coefficient (Wildman–Crippen LogP) is 6.47. The fraction of sp³-hybridized carbons (Fsp3) is 0.667. The molecule has 0 amide bonds. The summed E-state index contributed by atoms with van der Waals surface area (Å²) < 4.78 is 13.9. The SMILES string of the molecule is Fc1ccc(C(Cl)CC23CC4CC(CC(C4)C2)C3)cc1Br. The molecule has 1 atom stereocenters. The third-order valence-electron chi connectivity index (χ3n) is 6.08. The summed E-state index contributed by atoms with van der Waals surface area (Å²) in [6.45, 7) is 0. The van der Waals surface area contributed by atoms with Gasteiger partial charge in [0.25, 0.3) is 0 Å². The van der Waals surface area contributed by atoms with E-state index in [9.17, 15) is 4.39 Å². The molecule has 1 unspecified atom stereocenters. The van der Waals surface area contributed by atoms with Crippen LogP contribution in [0.2, 0.25) is 0 Å². The molecule has 1 aromatic rings. The van der Waals surface area contributed by atoms with E-state index in [0.717, 1.165) is 29.7 Å². The van der Waals surface area contributed by atoms with E-state index < -0.39 is 0 Å². The van der Waals surface area contributed by atoms with Crippen LogP contribution in [0.5, 0.6) is 0 Å². The first kappa shape index (κ1) is 14.5. The van der Waals surface area contributed by atoms with Crippen molar-refractivity contribution in [3.05, 3.63) is 34.1 Å². The van der Waals surface area contributed by atoms with E-state index in [1.807, 2.05) is 12.1 Å². The smallest absolute Gasteiger partial charge is 0.137 e. The predicted molar refractivity (Wildman–Crippen MR) is 87.9 cm³/mol. The second-order valence-corrected chi connectivity index (χ2v) is 9.14. The number of hydrogen-bond donors (Lipinski definition) is 0. The van der Waals surface area contributed by atoms with E-state index in [-0.39, 0.29) is 11.2 Å². The molecule has 4 saturated carbocycles.